The number of hydrogen-bond donors (Lipinski definition) is 1. The van der Waals surface area contributed by atoms with Gasteiger partial charge in [-0.1, -0.05) is 45.7 Å². The highest BCUT2D eigenvalue weighted by Crippen LogP contribution is 2.18. The van der Waals surface area contributed by atoms with Crippen LogP contribution in [0.25, 0.3) is 0 Å². The van der Waals surface area contributed by atoms with Crippen molar-refractivity contribution < 1.29 is 22.7 Å². The molecule has 1 amide bonds. The van der Waals surface area contributed by atoms with E-state index in [0.717, 1.165) is 19.3 Å². The second-order valence-corrected chi connectivity index (χ2v) is 9.02. The monoisotopic (exact) mass is 383 g/mol. The molecule has 1 N–H and O–H groups in total. The highest BCUT2D eigenvalue weighted by Gasteiger charge is 2.22. The lowest BCUT2D eigenvalue weighted by Gasteiger charge is -2.15. The summed E-state index contributed by atoms with van der Waals surface area (Å²) in [7, 11) is -3.55. The number of carbonyl (C=O) groups excluding carboxylic acids is 2. The summed E-state index contributed by atoms with van der Waals surface area (Å²) < 4.78 is 29.1. The Labute approximate surface area is 156 Å². The van der Waals surface area contributed by atoms with Crippen LogP contribution in [0.2, 0.25) is 0 Å². The number of esters is 1. The van der Waals surface area contributed by atoms with E-state index in [1.54, 1.807) is 12.1 Å². The van der Waals surface area contributed by atoms with Crippen LogP contribution in [-0.4, -0.2) is 38.7 Å². The van der Waals surface area contributed by atoms with Gasteiger partial charge in [0.15, 0.2) is 16.4 Å². The molecule has 1 atom stereocenters. The fraction of sp³-hybridized carbons (Fsp3) is 0.579. The van der Waals surface area contributed by atoms with E-state index in [4.69, 9.17) is 4.74 Å². The van der Waals surface area contributed by atoms with Crippen molar-refractivity contribution in [1.82, 2.24) is 5.32 Å². The molecule has 1 aromatic carbocycles. The molecule has 146 valence electrons. The second kappa shape index (κ2) is 10.3. The van der Waals surface area contributed by atoms with Crippen molar-refractivity contribution in [1.29, 1.82) is 0 Å². The van der Waals surface area contributed by atoms with E-state index in [-0.39, 0.29) is 22.3 Å². The summed E-state index contributed by atoms with van der Waals surface area (Å²) in [6.45, 7) is 7.28. The Kier molecular flexibility index (Phi) is 8.78. The number of benzene rings is 1. The van der Waals surface area contributed by atoms with E-state index in [1.165, 1.54) is 19.1 Å². The molecule has 0 bridgehead atoms. The lowest BCUT2D eigenvalue weighted by molar-refractivity contribution is -0.124. The highest BCUT2D eigenvalue weighted by atomic mass is 32.2. The zero-order valence-electron chi connectivity index (χ0n) is 15.9. The fourth-order valence-electron chi connectivity index (χ4n) is 2.49. The predicted octanol–water partition coefficient (Wildman–Crippen LogP) is 2.97. The number of ether oxygens (including phenoxy) is 1. The molecule has 0 spiro atoms. The second-order valence-electron chi connectivity index (χ2n) is 6.77. The van der Waals surface area contributed by atoms with Crippen molar-refractivity contribution in [2.45, 2.75) is 57.9 Å². The predicted molar refractivity (Wildman–Crippen MR) is 101 cm³/mol. The van der Waals surface area contributed by atoms with E-state index in [1.807, 2.05) is 6.92 Å². The first-order valence-corrected chi connectivity index (χ1v) is 10.6. The Bertz CT molecular complexity index is 712. The fourth-order valence-corrected chi connectivity index (χ4v) is 3.58. The lowest BCUT2D eigenvalue weighted by Crippen LogP contribution is -2.36. The lowest BCUT2D eigenvalue weighted by atomic mass is 10.0. The molecule has 1 unspecified atom stereocenters. The Morgan fingerprint density at radius 2 is 1.77 bits per heavy atom. The minimum atomic E-state index is -3.55. The van der Waals surface area contributed by atoms with Gasteiger partial charge >= 0.3 is 5.97 Å². The van der Waals surface area contributed by atoms with Crippen LogP contribution in [0.15, 0.2) is 29.2 Å². The van der Waals surface area contributed by atoms with Gasteiger partial charge in [0.05, 0.1) is 16.2 Å². The molecule has 1 aromatic rings. The minimum absolute atomic E-state index is 0.00675. The maximum absolute atomic E-state index is 12.2. The van der Waals surface area contributed by atoms with Gasteiger partial charge in [0.2, 0.25) is 0 Å². The third kappa shape index (κ3) is 7.15. The molecule has 0 radical (unpaired) electrons. The maximum atomic E-state index is 12.2. The molecule has 6 nitrogen and oxygen atoms in total. The molecule has 0 aliphatic rings. The number of sulfone groups is 1. The molecule has 26 heavy (non-hydrogen) atoms. The quantitative estimate of drug-likeness (QED) is 0.628. The summed E-state index contributed by atoms with van der Waals surface area (Å²) in [5, 5.41) is 2.78. The average Bonchev–Trinajstić information content (AvgIpc) is 2.59. The van der Waals surface area contributed by atoms with Crippen molar-refractivity contribution in [3.05, 3.63) is 29.8 Å². The largest absolute Gasteiger partial charge is 0.452 e. The Morgan fingerprint density at radius 1 is 1.12 bits per heavy atom. The van der Waals surface area contributed by atoms with E-state index < -0.39 is 28.3 Å². The van der Waals surface area contributed by atoms with Gasteiger partial charge in [-0.2, -0.15) is 0 Å². The van der Waals surface area contributed by atoms with E-state index in [0.29, 0.717) is 5.92 Å². The molecule has 0 saturated heterocycles. The molecular weight excluding hydrogens is 354 g/mol. The summed E-state index contributed by atoms with van der Waals surface area (Å²) in [4.78, 5) is 24.0. The van der Waals surface area contributed by atoms with Crippen LogP contribution in [0.5, 0.6) is 0 Å². The summed E-state index contributed by atoms with van der Waals surface area (Å²) in [6.07, 6.45) is 2.97. The molecule has 0 saturated carbocycles. The first-order chi connectivity index (χ1) is 12.2. The van der Waals surface area contributed by atoms with E-state index in [9.17, 15) is 18.0 Å². The first kappa shape index (κ1) is 22.2. The SMILES string of the molecule is CCS(=O)(=O)c1ccccc1C(=O)OCC(=O)NC(C)CCCC(C)C. The van der Waals surface area contributed by atoms with Gasteiger partial charge in [-0.3, -0.25) is 4.79 Å². The molecule has 1 rings (SSSR count). The summed E-state index contributed by atoms with van der Waals surface area (Å²) in [6, 6.07) is 5.85. The van der Waals surface area contributed by atoms with Crippen LogP contribution in [0, 0.1) is 5.92 Å². The normalized spacial score (nSPS) is 12.7. The van der Waals surface area contributed by atoms with Gasteiger partial charge in [-0.05, 0) is 31.4 Å². The van der Waals surface area contributed by atoms with Crippen LogP contribution in [0.1, 0.15) is 57.3 Å². The Balaban J connectivity index is 2.58. The smallest absolute Gasteiger partial charge is 0.339 e. The van der Waals surface area contributed by atoms with Crippen molar-refractivity contribution in [3.63, 3.8) is 0 Å². The van der Waals surface area contributed by atoms with Gasteiger partial charge < -0.3 is 10.1 Å². The zero-order chi connectivity index (χ0) is 19.7. The Morgan fingerprint density at radius 3 is 2.38 bits per heavy atom. The minimum Gasteiger partial charge on any atom is -0.452 e. The van der Waals surface area contributed by atoms with Gasteiger partial charge in [-0.15, -0.1) is 0 Å². The highest BCUT2D eigenvalue weighted by molar-refractivity contribution is 7.91. The van der Waals surface area contributed by atoms with Crippen LogP contribution >= 0.6 is 0 Å². The summed E-state index contributed by atoms with van der Waals surface area (Å²) in [5.74, 6) is -0.712. The molecule has 0 fully saturated rings. The van der Waals surface area contributed by atoms with E-state index >= 15 is 0 Å². The van der Waals surface area contributed by atoms with E-state index in [2.05, 4.69) is 19.2 Å². The zero-order valence-corrected chi connectivity index (χ0v) is 16.8. The Hall–Kier alpha value is -1.89. The van der Waals surface area contributed by atoms with Crippen molar-refractivity contribution in [2.75, 3.05) is 12.4 Å². The molecule has 7 heteroatoms. The van der Waals surface area contributed by atoms with Gasteiger partial charge in [-0.25, -0.2) is 13.2 Å². The number of rotatable bonds is 10. The number of hydrogen-bond acceptors (Lipinski definition) is 5. The van der Waals surface area contributed by atoms with Gasteiger partial charge in [0, 0.05) is 6.04 Å². The van der Waals surface area contributed by atoms with Gasteiger partial charge in [0.1, 0.15) is 0 Å². The van der Waals surface area contributed by atoms with Crippen molar-refractivity contribution >= 4 is 21.7 Å². The van der Waals surface area contributed by atoms with Crippen molar-refractivity contribution in [3.8, 4) is 0 Å². The molecule has 0 aromatic heterocycles. The van der Waals surface area contributed by atoms with Crippen LogP contribution in [-0.2, 0) is 19.4 Å². The molecule has 0 heterocycles. The van der Waals surface area contributed by atoms with Crippen LogP contribution in [0.3, 0.4) is 0 Å². The van der Waals surface area contributed by atoms with Crippen LogP contribution < -0.4 is 5.32 Å². The average molecular weight is 384 g/mol. The topological polar surface area (TPSA) is 89.5 Å². The third-order valence-corrected chi connectivity index (χ3v) is 5.77. The third-order valence-electron chi connectivity index (χ3n) is 3.98. The van der Waals surface area contributed by atoms with Crippen molar-refractivity contribution in [2.24, 2.45) is 5.92 Å². The van der Waals surface area contributed by atoms with Crippen LogP contribution in [0.4, 0.5) is 0 Å². The number of carbonyl (C=O) groups is 2. The maximum Gasteiger partial charge on any atom is 0.339 e. The summed E-state index contributed by atoms with van der Waals surface area (Å²) in [5.41, 5.74) is -0.0490. The summed E-state index contributed by atoms with van der Waals surface area (Å²) >= 11 is 0. The number of nitrogens with one attached hydrogen (secondary N) is 1. The molecular formula is C19H29NO5S. The van der Waals surface area contributed by atoms with Gasteiger partial charge in [0.25, 0.3) is 5.91 Å². The standard InChI is InChI=1S/C19H29NO5S/c1-5-26(23,24)17-12-7-6-11-16(17)19(22)25-13-18(21)20-15(4)10-8-9-14(2)3/h6-7,11-12,14-15H,5,8-10,13H2,1-4H3,(H,20,21). The molecule has 0 aliphatic carbocycles. The number of amides is 1. The first-order valence-electron chi connectivity index (χ1n) is 8.95. The molecule has 0 aliphatic heterocycles.